The van der Waals surface area contributed by atoms with Gasteiger partial charge in [0.25, 0.3) is 11.2 Å². The van der Waals surface area contributed by atoms with E-state index in [2.05, 4.69) is 0 Å². The van der Waals surface area contributed by atoms with Crippen LogP contribution in [-0.2, 0) is 6.42 Å². The first-order valence-corrected chi connectivity index (χ1v) is 6.81. The fraction of sp³-hybridized carbons (Fsp3) is 0.188. The Hall–Kier alpha value is -2.73. The van der Waals surface area contributed by atoms with Crippen molar-refractivity contribution in [1.29, 1.82) is 0 Å². The lowest BCUT2D eigenvalue weighted by atomic mass is 10.1. The normalized spacial score (nSPS) is 11.0. The maximum atomic E-state index is 12.4. The highest BCUT2D eigenvalue weighted by molar-refractivity contribution is 5.64. The number of pyridine rings is 1. The highest BCUT2D eigenvalue weighted by Crippen LogP contribution is 2.21. The molecule has 114 valence electrons. The molecular formula is C16H16N2O4. The summed E-state index contributed by atoms with van der Waals surface area (Å²) < 4.78 is 1.43. The largest absolute Gasteiger partial charge is 0.396 e. The molecule has 0 spiro atoms. The van der Waals surface area contributed by atoms with Crippen molar-refractivity contribution in [3.8, 4) is 5.69 Å². The number of hydrogen-bond acceptors (Lipinski definition) is 4. The predicted molar refractivity (Wildman–Crippen MR) is 84.2 cm³/mol. The number of rotatable bonds is 5. The fourth-order valence-corrected chi connectivity index (χ4v) is 2.23. The fourth-order valence-electron chi connectivity index (χ4n) is 2.23. The number of aliphatic hydroxyl groups excluding tert-OH is 1. The van der Waals surface area contributed by atoms with E-state index in [0.29, 0.717) is 16.8 Å². The number of nitro groups is 1. The van der Waals surface area contributed by atoms with Crippen LogP contribution in [-0.4, -0.2) is 21.2 Å². The topological polar surface area (TPSA) is 85.4 Å². The van der Waals surface area contributed by atoms with Gasteiger partial charge < -0.3 is 5.11 Å². The molecule has 0 amide bonds. The molecule has 0 fully saturated rings. The Morgan fingerprint density at radius 1 is 1.36 bits per heavy atom. The average Bonchev–Trinajstić information content (AvgIpc) is 2.50. The monoisotopic (exact) mass is 300 g/mol. The standard InChI is InChI=1S/C16H16N2O4/c1-2-4-13-11-14(18(21)22)6-7-15(13)17-9-3-5-12(8-10-19)16(17)20/h2-7,9,11,19H,8,10H2,1H3. The van der Waals surface area contributed by atoms with Crippen molar-refractivity contribution in [3.05, 3.63) is 74.2 Å². The molecule has 6 heteroatoms. The van der Waals surface area contributed by atoms with Gasteiger partial charge in [0.1, 0.15) is 0 Å². The van der Waals surface area contributed by atoms with E-state index in [0.717, 1.165) is 0 Å². The van der Waals surface area contributed by atoms with Gasteiger partial charge in [-0.25, -0.2) is 0 Å². The third-order valence-corrected chi connectivity index (χ3v) is 3.23. The molecule has 0 saturated carbocycles. The second-order valence-electron chi connectivity index (χ2n) is 4.68. The minimum atomic E-state index is -0.470. The van der Waals surface area contributed by atoms with Crippen LogP contribution in [0.15, 0.2) is 47.4 Å². The molecule has 0 radical (unpaired) electrons. The summed E-state index contributed by atoms with van der Waals surface area (Å²) in [4.78, 5) is 22.9. The predicted octanol–water partition coefficient (Wildman–Crippen LogP) is 2.31. The van der Waals surface area contributed by atoms with Crippen molar-refractivity contribution >= 4 is 11.8 Å². The first kappa shape index (κ1) is 15.7. The summed E-state index contributed by atoms with van der Waals surface area (Å²) in [5.41, 5.74) is 1.37. The molecule has 22 heavy (non-hydrogen) atoms. The first-order valence-electron chi connectivity index (χ1n) is 6.81. The molecule has 0 unspecified atom stereocenters. The molecule has 0 aliphatic rings. The third-order valence-electron chi connectivity index (χ3n) is 3.23. The van der Waals surface area contributed by atoms with E-state index < -0.39 is 4.92 Å². The number of aliphatic hydroxyl groups is 1. The summed E-state index contributed by atoms with van der Waals surface area (Å²) in [6.45, 7) is 1.69. The molecule has 6 nitrogen and oxygen atoms in total. The lowest BCUT2D eigenvalue weighted by Gasteiger charge is -2.11. The average molecular weight is 300 g/mol. The van der Waals surface area contributed by atoms with Crippen LogP contribution in [0.25, 0.3) is 11.8 Å². The molecular weight excluding hydrogens is 284 g/mol. The van der Waals surface area contributed by atoms with Crippen molar-refractivity contribution in [2.24, 2.45) is 0 Å². The maximum absolute atomic E-state index is 12.4. The molecule has 0 atom stereocenters. The van der Waals surface area contributed by atoms with Crippen LogP contribution < -0.4 is 5.56 Å². The number of aromatic nitrogens is 1. The zero-order valence-electron chi connectivity index (χ0n) is 12.1. The minimum Gasteiger partial charge on any atom is -0.396 e. The molecule has 1 aromatic heterocycles. The Balaban J connectivity index is 2.64. The van der Waals surface area contributed by atoms with Gasteiger partial charge in [-0.05, 0) is 19.1 Å². The molecule has 2 rings (SSSR count). The molecule has 1 aromatic carbocycles. The van der Waals surface area contributed by atoms with Crippen molar-refractivity contribution < 1.29 is 10.0 Å². The van der Waals surface area contributed by atoms with E-state index >= 15 is 0 Å². The quantitative estimate of drug-likeness (QED) is 0.678. The van der Waals surface area contributed by atoms with E-state index in [4.69, 9.17) is 5.11 Å². The molecule has 0 saturated heterocycles. The van der Waals surface area contributed by atoms with Crippen LogP contribution in [0, 0.1) is 10.1 Å². The lowest BCUT2D eigenvalue weighted by molar-refractivity contribution is -0.384. The zero-order valence-corrected chi connectivity index (χ0v) is 12.1. The van der Waals surface area contributed by atoms with Crippen LogP contribution >= 0.6 is 0 Å². The van der Waals surface area contributed by atoms with E-state index in [9.17, 15) is 14.9 Å². The number of non-ortho nitro benzene ring substituents is 1. The van der Waals surface area contributed by atoms with E-state index in [1.54, 1.807) is 43.5 Å². The van der Waals surface area contributed by atoms with E-state index in [-0.39, 0.29) is 24.3 Å². The van der Waals surface area contributed by atoms with Gasteiger partial charge in [-0.15, -0.1) is 0 Å². The summed E-state index contributed by atoms with van der Waals surface area (Å²) >= 11 is 0. The van der Waals surface area contributed by atoms with Crippen LogP contribution in [0.2, 0.25) is 0 Å². The van der Waals surface area contributed by atoms with Crippen LogP contribution in [0.5, 0.6) is 0 Å². The van der Waals surface area contributed by atoms with Gasteiger partial charge in [0.15, 0.2) is 0 Å². The van der Waals surface area contributed by atoms with Crippen LogP contribution in [0.3, 0.4) is 0 Å². The Morgan fingerprint density at radius 2 is 2.14 bits per heavy atom. The summed E-state index contributed by atoms with van der Waals surface area (Å²) in [7, 11) is 0. The van der Waals surface area contributed by atoms with Gasteiger partial charge in [0.2, 0.25) is 0 Å². The SMILES string of the molecule is CC=Cc1cc([N+](=O)[O-])ccc1-n1cccc(CCO)c1=O. The second kappa shape index (κ2) is 6.82. The number of allylic oxidation sites excluding steroid dienone is 1. The van der Waals surface area contributed by atoms with Gasteiger partial charge in [-0.2, -0.15) is 0 Å². The first-order chi connectivity index (χ1) is 10.6. The number of nitro benzene ring substituents is 1. The number of benzene rings is 1. The summed E-state index contributed by atoms with van der Waals surface area (Å²) in [5, 5.41) is 19.9. The van der Waals surface area contributed by atoms with Gasteiger partial charge >= 0.3 is 0 Å². The summed E-state index contributed by atoms with van der Waals surface area (Å²) in [6.07, 6.45) is 5.35. The Bertz CT molecular complexity index is 778. The minimum absolute atomic E-state index is 0.0311. The van der Waals surface area contributed by atoms with Gasteiger partial charge in [-0.1, -0.05) is 18.2 Å². The molecule has 0 aliphatic carbocycles. The smallest absolute Gasteiger partial charge is 0.270 e. The Morgan fingerprint density at radius 3 is 2.77 bits per heavy atom. The number of hydrogen-bond donors (Lipinski definition) is 1. The van der Waals surface area contributed by atoms with Gasteiger partial charge in [0.05, 0.1) is 10.6 Å². The Kier molecular flexibility index (Phi) is 4.85. The van der Waals surface area contributed by atoms with Crippen molar-refractivity contribution in [3.63, 3.8) is 0 Å². The van der Waals surface area contributed by atoms with E-state index in [1.807, 2.05) is 0 Å². The Labute approximate surface area is 127 Å². The summed E-state index contributed by atoms with van der Waals surface area (Å²) in [6, 6.07) is 7.73. The number of nitrogens with zero attached hydrogens (tertiary/aromatic N) is 2. The van der Waals surface area contributed by atoms with Crippen molar-refractivity contribution in [1.82, 2.24) is 4.57 Å². The zero-order chi connectivity index (χ0) is 16.1. The molecule has 2 aromatic rings. The van der Waals surface area contributed by atoms with Gasteiger partial charge in [-0.3, -0.25) is 19.5 Å². The molecule has 1 N–H and O–H groups in total. The van der Waals surface area contributed by atoms with Crippen molar-refractivity contribution in [2.75, 3.05) is 6.61 Å². The highest BCUT2D eigenvalue weighted by atomic mass is 16.6. The second-order valence-corrected chi connectivity index (χ2v) is 4.68. The lowest BCUT2D eigenvalue weighted by Crippen LogP contribution is -2.22. The molecule has 0 bridgehead atoms. The van der Waals surface area contributed by atoms with Gasteiger partial charge in [0, 0.05) is 42.5 Å². The highest BCUT2D eigenvalue weighted by Gasteiger charge is 2.12. The van der Waals surface area contributed by atoms with E-state index in [1.165, 1.54) is 16.7 Å². The third kappa shape index (κ3) is 3.12. The molecule has 1 heterocycles. The maximum Gasteiger partial charge on any atom is 0.270 e. The molecule has 0 aliphatic heterocycles. The summed E-state index contributed by atoms with van der Waals surface area (Å²) in [5.74, 6) is 0. The van der Waals surface area contributed by atoms with Crippen LogP contribution in [0.1, 0.15) is 18.1 Å². The van der Waals surface area contributed by atoms with Crippen molar-refractivity contribution in [2.45, 2.75) is 13.3 Å². The van der Waals surface area contributed by atoms with Crippen LogP contribution in [0.4, 0.5) is 5.69 Å².